The van der Waals surface area contributed by atoms with Crippen LogP contribution in [0.25, 0.3) is 11.1 Å². The maximum absolute atomic E-state index is 11.9. The van der Waals surface area contributed by atoms with Gasteiger partial charge in [0.05, 0.1) is 11.1 Å². The van der Waals surface area contributed by atoms with Crippen LogP contribution in [0.1, 0.15) is 11.1 Å². The summed E-state index contributed by atoms with van der Waals surface area (Å²) in [5, 5.41) is 0. The van der Waals surface area contributed by atoms with Crippen LogP contribution in [0, 0.1) is 0 Å². The Kier molecular flexibility index (Phi) is 6.93. The normalized spacial score (nSPS) is 10.1. The number of hydrogen-bond acceptors (Lipinski definition) is 6. The van der Waals surface area contributed by atoms with Gasteiger partial charge in [0.15, 0.2) is 0 Å². The molecule has 140 valence electrons. The van der Waals surface area contributed by atoms with Gasteiger partial charge in [-0.15, -0.1) is 0 Å². The van der Waals surface area contributed by atoms with E-state index in [0.29, 0.717) is 23.3 Å². The van der Waals surface area contributed by atoms with Crippen LogP contribution >= 0.6 is 0 Å². The van der Waals surface area contributed by atoms with Crippen LogP contribution in [0.3, 0.4) is 0 Å². The summed E-state index contributed by atoms with van der Waals surface area (Å²) in [5.41, 5.74) is 0.959. The molecule has 0 aliphatic carbocycles. The van der Waals surface area contributed by atoms with Gasteiger partial charge in [0, 0.05) is 12.2 Å². The van der Waals surface area contributed by atoms with E-state index in [2.05, 4.69) is 22.6 Å². The molecule has 28 heavy (non-hydrogen) atoms. The predicted molar refractivity (Wildman–Crippen MR) is 102 cm³/mol. The lowest BCUT2D eigenvalue weighted by Gasteiger charge is -2.04. The van der Waals surface area contributed by atoms with E-state index in [0.717, 1.165) is 0 Å². The van der Waals surface area contributed by atoms with E-state index < -0.39 is 23.9 Å². The van der Waals surface area contributed by atoms with Gasteiger partial charge in [0.1, 0.15) is 0 Å². The zero-order valence-electron chi connectivity index (χ0n) is 14.8. The highest BCUT2D eigenvalue weighted by Crippen LogP contribution is 2.14. The molecule has 0 spiro atoms. The van der Waals surface area contributed by atoms with Crippen LogP contribution in [0.15, 0.2) is 86.0 Å². The molecule has 0 amide bonds. The van der Waals surface area contributed by atoms with E-state index in [1.165, 1.54) is 0 Å². The molecular weight excluding hydrogens is 360 g/mol. The lowest BCUT2D eigenvalue weighted by atomic mass is 10.1. The van der Waals surface area contributed by atoms with Gasteiger partial charge in [0.2, 0.25) is 0 Å². The van der Waals surface area contributed by atoms with Crippen molar-refractivity contribution in [3.05, 3.63) is 97.1 Å². The molecule has 6 nitrogen and oxygen atoms in total. The van der Waals surface area contributed by atoms with Gasteiger partial charge in [-0.2, -0.15) is 0 Å². The van der Waals surface area contributed by atoms with Crippen molar-refractivity contribution in [2.24, 2.45) is 0 Å². The van der Waals surface area contributed by atoms with Crippen molar-refractivity contribution in [2.45, 2.75) is 0 Å². The molecule has 2 rings (SSSR count). The quantitative estimate of drug-likeness (QED) is 0.437. The number of carbonyl (C=O) groups is 4. The Bertz CT molecular complexity index is 876. The number of benzene rings is 2. The van der Waals surface area contributed by atoms with Crippen molar-refractivity contribution in [3.63, 3.8) is 0 Å². The zero-order chi connectivity index (χ0) is 20.5. The second kappa shape index (κ2) is 9.59. The Morgan fingerprint density at radius 2 is 0.929 bits per heavy atom. The van der Waals surface area contributed by atoms with E-state index in [1.54, 1.807) is 60.7 Å². The first kappa shape index (κ1) is 20.3. The average Bonchev–Trinajstić information content (AvgIpc) is 2.72. The van der Waals surface area contributed by atoms with Crippen molar-refractivity contribution in [3.8, 4) is 0 Å². The van der Waals surface area contributed by atoms with Crippen molar-refractivity contribution in [2.75, 3.05) is 0 Å². The number of hydrogen-bond donors (Lipinski definition) is 0. The summed E-state index contributed by atoms with van der Waals surface area (Å²) in [5.74, 6) is -4.12. The van der Waals surface area contributed by atoms with Crippen LogP contribution < -0.4 is 0 Å². The van der Waals surface area contributed by atoms with Crippen LogP contribution in [-0.4, -0.2) is 23.9 Å². The molecule has 0 aromatic heterocycles. The highest BCUT2D eigenvalue weighted by Gasteiger charge is 2.16. The summed E-state index contributed by atoms with van der Waals surface area (Å²) in [6.45, 7) is 7.13. The van der Waals surface area contributed by atoms with Gasteiger partial charge in [-0.1, -0.05) is 73.8 Å². The van der Waals surface area contributed by atoms with Crippen LogP contribution in [0.4, 0.5) is 0 Å². The maximum atomic E-state index is 11.9. The van der Waals surface area contributed by atoms with Gasteiger partial charge in [-0.25, -0.2) is 19.2 Å². The molecule has 2 aromatic rings. The third kappa shape index (κ3) is 5.74. The largest absolute Gasteiger partial charge is 0.386 e. The molecule has 0 saturated heterocycles. The van der Waals surface area contributed by atoms with Crippen LogP contribution in [-0.2, 0) is 28.7 Å². The molecule has 0 unspecified atom stereocenters. The molecular formula is C22H16O6. The van der Waals surface area contributed by atoms with Crippen molar-refractivity contribution in [1.29, 1.82) is 0 Å². The fourth-order valence-corrected chi connectivity index (χ4v) is 2.02. The molecule has 0 aliphatic heterocycles. The molecule has 0 atom stereocenters. The van der Waals surface area contributed by atoms with E-state index >= 15 is 0 Å². The SMILES string of the molecule is C=C(C(=O)OC(=O)/C=C\C(=O)OC(=O)C(=C)c1ccccc1)c1ccccc1. The predicted octanol–water partition coefficient (Wildman–Crippen LogP) is 3.11. The van der Waals surface area contributed by atoms with Gasteiger partial charge in [0.25, 0.3) is 0 Å². The van der Waals surface area contributed by atoms with E-state index in [-0.39, 0.29) is 11.1 Å². The molecule has 0 radical (unpaired) electrons. The van der Waals surface area contributed by atoms with E-state index in [4.69, 9.17) is 0 Å². The second-order valence-electron chi connectivity index (χ2n) is 5.44. The Balaban J connectivity index is 1.87. The molecule has 0 aliphatic rings. The van der Waals surface area contributed by atoms with E-state index in [1.807, 2.05) is 0 Å². The third-order valence-electron chi connectivity index (χ3n) is 3.48. The Morgan fingerprint density at radius 1 is 0.607 bits per heavy atom. The fraction of sp³-hybridized carbons (Fsp3) is 0. The van der Waals surface area contributed by atoms with Crippen molar-refractivity contribution in [1.82, 2.24) is 0 Å². The summed E-state index contributed by atoms with van der Waals surface area (Å²) in [7, 11) is 0. The smallest absolute Gasteiger partial charge is 0.346 e. The summed E-state index contributed by atoms with van der Waals surface area (Å²) in [6.07, 6.45) is 1.36. The highest BCUT2D eigenvalue weighted by molar-refractivity contribution is 6.20. The Labute approximate surface area is 161 Å². The molecule has 0 N–H and O–H groups in total. The second-order valence-corrected chi connectivity index (χ2v) is 5.44. The van der Waals surface area contributed by atoms with Crippen LogP contribution in [0.5, 0.6) is 0 Å². The summed E-state index contributed by atoms with van der Waals surface area (Å²) in [6, 6.07) is 16.8. The summed E-state index contributed by atoms with van der Waals surface area (Å²) >= 11 is 0. The van der Waals surface area contributed by atoms with E-state index in [9.17, 15) is 19.2 Å². The lowest BCUT2D eigenvalue weighted by Crippen LogP contribution is -2.14. The topological polar surface area (TPSA) is 86.7 Å². The minimum Gasteiger partial charge on any atom is -0.386 e. The van der Waals surface area contributed by atoms with Crippen molar-refractivity contribution >= 4 is 35.0 Å². The number of ether oxygens (including phenoxy) is 2. The number of carbonyl (C=O) groups excluding carboxylic acids is 4. The maximum Gasteiger partial charge on any atom is 0.346 e. The minimum atomic E-state index is -1.10. The molecule has 2 aromatic carbocycles. The number of esters is 4. The molecule has 0 bridgehead atoms. The average molecular weight is 376 g/mol. The van der Waals surface area contributed by atoms with Gasteiger partial charge >= 0.3 is 23.9 Å². The first-order valence-electron chi connectivity index (χ1n) is 8.07. The highest BCUT2D eigenvalue weighted by atomic mass is 16.6. The summed E-state index contributed by atoms with van der Waals surface area (Å²) < 4.78 is 9.13. The summed E-state index contributed by atoms with van der Waals surface area (Å²) in [4.78, 5) is 47.0. The molecule has 0 heterocycles. The minimum absolute atomic E-state index is 0.0146. The first-order chi connectivity index (χ1) is 13.4. The molecule has 0 saturated carbocycles. The van der Waals surface area contributed by atoms with Crippen molar-refractivity contribution < 1.29 is 28.7 Å². The first-order valence-corrected chi connectivity index (χ1v) is 8.07. The zero-order valence-corrected chi connectivity index (χ0v) is 14.8. The lowest BCUT2D eigenvalue weighted by molar-refractivity contribution is -0.154. The Hall–Kier alpha value is -4.06. The van der Waals surface area contributed by atoms with Gasteiger partial charge < -0.3 is 9.47 Å². The standard InChI is InChI=1S/C22H16O6/c1-15(17-9-5-3-6-10-17)21(25)27-19(23)13-14-20(24)28-22(26)16(2)18-11-7-4-8-12-18/h3-14H,1-2H2/b14-13-. The fourth-order valence-electron chi connectivity index (χ4n) is 2.02. The van der Waals surface area contributed by atoms with Gasteiger partial charge in [-0.05, 0) is 11.1 Å². The third-order valence-corrected chi connectivity index (χ3v) is 3.48. The van der Waals surface area contributed by atoms with Crippen LogP contribution in [0.2, 0.25) is 0 Å². The molecule has 0 fully saturated rings. The van der Waals surface area contributed by atoms with Gasteiger partial charge in [-0.3, -0.25) is 0 Å². The molecule has 6 heteroatoms. The number of rotatable bonds is 6. The Morgan fingerprint density at radius 3 is 1.25 bits per heavy atom. The monoisotopic (exact) mass is 376 g/mol.